The van der Waals surface area contributed by atoms with Crippen LogP contribution in [0, 0.1) is 10.1 Å². The van der Waals surface area contributed by atoms with Gasteiger partial charge in [0, 0.05) is 18.6 Å². The molecule has 29 heavy (non-hydrogen) atoms. The molecule has 3 atom stereocenters. The Morgan fingerprint density at radius 2 is 1.90 bits per heavy atom. The number of ketones is 1. The summed E-state index contributed by atoms with van der Waals surface area (Å²) in [5.41, 5.74) is 1.02. The quantitative estimate of drug-likeness (QED) is 0.302. The van der Waals surface area contributed by atoms with Gasteiger partial charge in [0.2, 0.25) is 5.78 Å². The third kappa shape index (κ3) is 4.08. The Morgan fingerprint density at radius 1 is 1.14 bits per heavy atom. The molecule has 0 radical (unpaired) electrons. The smallest absolute Gasteiger partial charge is 0.269 e. The number of hydrogen-bond acceptors (Lipinski definition) is 7. The van der Waals surface area contributed by atoms with E-state index in [1.165, 1.54) is 19.2 Å². The summed E-state index contributed by atoms with van der Waals surface area (Å²) >= 11 is 0. The van der Waals surface area contributed by atoms with Gasteiger partial charge in [-0.25, -0.2) is 0 Å². The fourth-order valence-corrected chi connectivity index (χ4v) is 3.46. The highest BCUT2D eigenvalue weighted by molar-refractivity contribution is 6.06. The summed E-state index contributed by atoms with van der Waals surface area (Å²) in [5.74, 6) is 0.553. The number of benzene rings is 2. The van der Waals surface area contributed by atoms with Gasteiger partial charge in [-0.3, -0.25) is 14.9 Å². The molecular weight excluding hydrogens is 378 g/mol. The fraction of sp³-hybridized carbons (Fsp3) is 0.381. The average Bonchev–Trinajstić information content (AvgIpc) is 3.55. The van der Waals surface area contributed by atoms with Gasteiger partial charge in [-0.2, -0.15) is 0 Å². The topological polar surface area (TPSA) is 100 Å². The maximum atomic E-state index is 13.2. The molecule has 1 unspecified atom stereocenters. The van der Waals surface area contributed by atoms with Gasteiger partial charge < -0.3 is 18.9 Å². The summed E-state index contributed by atoms with van der Waals surface area (Å²) in [6, 6.07) is 11.2. The SMILES string of the molecule is COc1cccc(OC2CCCCO2)c1C(=O)[C@H]1O[C@@H]1c1ccc([N+](=O)[O-])cc1. The zero-order chi connectivity index (χ0) is 20.4. The molecule has 0 amide bonds. The van der Waals surface area contributed by atoms with Gasteiger partial charge in [0.1, 0.15) is 23.2 Å². The first kappa shape index (κ1) is 19.4. The van der Waals surface area contributed by atoms with Crippen LogP contribution in [-0.2, 0) is 9.47 Å². The fourth-order valence-electron chi connectivity index (χ4n) is 3.46. The zero-order valence-electron chi connectivity index (χ0n) is 15.9. The predicted molar refractivity (Wildman–Crippen MR) is 102 cm³/mol. The van der Waals surface area contributed by atoms with Crippen molar-refractivity contribution in [1.82, 2.24) is 0 Å². The van der Waals surface area contributed by atoms with E-state index in [0.717, 1.165) is 19.3 Å². The Hall–Kier alpha value is -2.97. The van der Waals surface area contributed by atoms with Crippen molar-refractivity contribution in [3.63, 3.8) is 0 Å². The van der Waals surface area contributed by atoms with Crippen LogP contribution in [0.1, 0.15) is 41.3 Å². The van der Waals surface area contributed by atoms with Gasteiger partial charge in [0.05, 0.1) is 18.6 Å². The van der Waals surface area contributed by atoms with Crippen molar-refractivity contribution in [3.05, 3.63) is 63.7 Å². The standard InChI is InChI=1S/C21H21NO7/c1-26-15-5-4-6-16(28-17-7-2-3-12-27-17)18(15)19(23)21-20(29-21)13-8-10-14(11-9-13)22(24)25/h4-6,8-11,17,20-21H,2-3,7,12H2,1H3/t17?,20-,21-/m1/s1. The molecule has 2 aromatic rings. The van der Waals surface area contributed by atoms with Crippen LogP contribution < -0.4 is 9.47 Å². The van der Waals surface area contributed by atoms with Crippen LogP contribution >= 0.6 is 0 Å². The molecule has 0 saturated carbocycles. The molecular formula is C21H21NO7. The van der Waals surface area contributed by atoms with E-state index in [2.05, 4.69) is 0 Å². The van der Waals surface area contributed by atoms with E-state index in [0.29, 0.717) is 29.2 Å². The molecule has 8 nitrogen and oxygen atoms in total. The molecule has 0 aromatic heterocycles. The van der Waals surface area contributed by atoms with Crippen molar-refractivity contribution in [3.8, 4) is 11.5 Å². The van der Waals surface area contributed by atoms with Gasteiger partial charge in [-0.05, 0) is 42.7 Å². The number of nitrogens with zero attached hydrogens (tertiary/aromatic N) is 1. The highest BCUT2D eigenvalue weighted by atomic mass is 16.7. The van der Waals surface area contributed by atoms with Crippen molar-refractivity contribution in [2.45, 2.75) is 37.8 Å². The van der Waals surface area contributed by atoms with Gasteiger partial charge in [-0.1, -0.05) is 6.07 Å². The number of non-ortho nitro benzene ring substituents is 1. The van der Waals surface area contributed by atoms with Crippen molar-refractivity contribution >= 4 is 11.5 Å². The number of hydrogen-bond donors (Lipinski definition) is 0. The molecule has 0 spiro atoms. The molecule has 152 valence electrons. The Labute approximate surface area is 167 Å². The molecule has 2 heterocycles. The van der Waals surface area contributed by atoms with Crippen LogP contribution in [0.25, 0.3) is 0 Å². The molecule has 0 N–H and O–H groups in total. The number of carbonyl (C=O) groups excluding carboxylic acids is 1. The molecule has 0 aliphatic carbocycles. The maximum absolute atomic E-state index is 13.2. The molecule has 4 rings (SSSR count). The lowest BCUT2D eigenvalue weighted by atomic mass is 10.0. The number of epoxide rings is 1. The number of rotatable bonds is 7. The molecule has 2 aromatic carbocycles. The minimum absolute atomic E-state index is 0.00910. The first-order chi connectivity index (χ1) is 14.1. The lowest BCUT2D eigenvalue weighted by Crippen LogP contribution is -2.26. The molecule has 0 bridgehead atoms. The molecule has 2 aliphatic rings. The lowest BCUT2D eigenvalue weighted by Gasteiger charge is -2.24. The highest BCUT2D eigenvalue weighted by Gasteiger charge is 2.48. The van der Waals surface area contributed by atoms with Crippen molar-refractivity contribution < 1.29 is 28.7 Å². The summed E-state index contributed by atoms with van der Waals surface area (Å²) in [7, 11) is 1.49. The van der Waals surface area contributed by atoms with Crippen LogP contribution in [0.5, 0.6) is 11.5 Å². The van der Waals surface area contributed by atoms with Gasteiger partial charge in [0.25, 0.3) is 5.69 Å². The second-order valence-electron chi connectivity index (χ2n) is 6.94. The molecule has 2 saturated heterocycles. The summed E-state index contributed by atoms with van der Waals surface area (Å²) in [4.78, 5) is 23.5. The number of methoxy groups -OCH3 is 1. The molecule has 8 heteroatoms. The predicted octanol–water partition coefficient (Wildman–Crippen LogP) is 3.83. The normalized spacial score (nSPS) is 23.3. The van der Waals surface area contributed by atoms with Gasteiger partial charge in [-0.15, -0.1) is 0 Å². The Kier molecular flexibility index (Phi) is 5.46. The number of nitro groups is 1. The van der Waals surface area contributed by atoms with Crippen LogP contribution in [-0.4, -0.2) is 36.8 Å². The second-order valence-corrected chi connectivity index (χ2v) is 6.94. The maximum Gasteiger partial charge on any atom is 0.269 e. The van der Waals surface area contributed by atoms with E-state index >= 15 is 0 Å². The third-order valence-electron chi connectivity index (χ3n) is 5.03. The molecule has 2 aliphatic heterocycles. The van der Waals surface area contributed by atoms with Crippen LogP contribution in [0.4, 0.5) is 5.69 Å². The van der Waals surface area contributed by atoms with Gasteiger partial charge in [0.15, 0.2) is 12.4 Å². The van der Waals surface area contributed by atoms with E-state index in [4.69, 9.17) is 18.9 Å². The van der Waals surface area contributed by atoms with Crippen molar-refractivity contribution in [2.75, 3.05) is 13.7 Å². The van der Waals surface area contributed by atoms with E-state index in [1.54, 1.807) is 30.3 Å². The largest absolute Gasteiger partial charge is 0.496 e. The number of Topliss-reactive ketones (excluding diaryl/α,β-unsaturated/α-hetero) is 1. The van der Waals surface area contributed by atoms with Crippen molar-refractivity contribution in [1.29, 1.82) is 0 Å². The van der Waals surface area contributed by atoms with E-state index in [9.17, 15) is 14.9 Å². The summed E-state index contributed by atoms with van der Waals surface area (Å²) in [5, 5.41) is 10.8. The summed E-state index contributed by atoms with van der Waals surface area (Å²) in [6.07, 6.45) is 1.22. The minimum atomic E-state index is -0.692. The first-order valence-corrected chi connectivity index (χ1v) is 9.48. The number of ether oxygens (including phenoxy) is 4. The Morgan fingerprint density at radius 3 is 2.55 bits per heavy atom. The van der Waals surface area contributed by atoms with E-state index < -0.39 is 23.4 Å². The van der Waals surface area contributed by atoms with E-state index in [-0.39, 0.29) is 11.5 Å². The van der Waals surface area contributed by atoms with Crippen LogP contribution in [0.2, 0.25) is 0 Å². The Balaban J connectivity index is 1.54. The monoisotopic (exact) mass is 399 g/mol. The summed E-state index contributed by atoms with van der Waals surface area (Å²) in [6.45, 7) is 0.631. The first-order valence-electron chi connectivity index (χ1n) is 9.48. The number of nitro benzene ring substituents is 1. The van der Waals surface area contributed by atoms with Crippen LogP contribution in [0.15, 0.2) is 42.5 Å². The second kappa shape index (κ2) is 8.18. The number of carbonyl (C=O) groups is 1. The average molecular weight is 399 g/mol. The van der Waals surface area contributed by atoms with Crippen LogP contribution in [0.3, 0.4) is 0 Å². The molecule has 2 fully saturated rings. The highest BCUT2D eigenvalue weighted by Crippen LogP contribution is 2.44. The van der Waals surface area contributed by atoms with Crippen molar-refractivity contribution in [2.24, 2.45) is 0 Å². The third-order valence-corrected chi connectivity index (χ3v) is 5.03. The lowest BCUT2D eigenvalue weighted by molar-refractivity contribution is -0.384. The van der Waals surface area contributed by atoms with Gasteiger partial charge >= 0.3 is 0 Å². The summed E-state index contributed by atoms with van der Waals surface area (Å²) < 4.78 is 22.6. The van der Waals surface area contributed by atoms with E-state index in [1.807, 2.05) is 0 Å². The Bertz CT molecular complexity index is 906. The minimum Gasteiger partial charge on any atom is -0.496 e. The zero-order valence-corrected chi connectivity index (χ0v) is 15.9.